The largest absolute Gasteiger partial charge is 0.395 e. The monoisotopic (exact) mass is 316 g/mol. The van der Waals surface area contributed by atoms with Crippen molar-refractivity contribution in [2.45, 2.75) is 39.7 Å². The summed E-state index contributed by atoms with van der Waals surface area (Å²) >= 11 is 0. The van der Waals surface area contributed by atoms with E-state index in [0.29, 0.717) is 19.5 Å². The van der Waals surface area contributed by atoms with Crippen molar-refractivity contribution in [2.75, 3.05) is 13.2 Å². The minimum atomic E-state index is -0.0434. The van der Waals surface area contributed by atoms with E-state index in [4.69, 9.17) is 4.52 Å². The predicted molar refractivity (Wildman–Crippen MR) is 88.0 cm³/mol. The van der Waals surface area contributed by atoms with Crippen molar-refractivity contribution < 1.29 is 14.4 Å². The van der Waals surface area contributed by atoms with Gasteiger partial charge in [-0.05, 0) is 25.3 Å². The van der Waals surface area contributed by atoms with Crippen LogP contribution >= 0.6 is 0 Å². The number of aliphatic hydroxyl groups excluding tert-OH is 1. The normalized spacial score (nSPS) is 12.2. The lowest BCUT2D eigenvalue weighted by molar-refractivity contribution is -0.132. The summed E-state index contributed by atoms with van der Waals surface area (Å²) in [6, 6.07) is 9.80. The molecule has 0 aliphatic carbocycles. The first-order valence-electron chi connectivity index (χ1n) is 7.88. The topological polar surface area (TPSA) is 66.6 Å². The average Bonchev–Trinajstić information content (AvgIpc) is 2.86. The van der Waals surface area contributed by atoms with Crippen LogP contribution < -0.4 is 0 Å². The molecule has 1 unspecified atom stereocenters. The summed E-state index contributed by atoms with van der Waals surface area (Å²) in [6.45, 7) is 6.56. The molecular weight excluding hydrogens is 292 g/mol. The Kier molecular flexibility index (Phi) is 5.93. The molecule has 1 amide bonds. The van der Waals surface area contributed by atoms with Crippen molar-refractivity contribution in [3.05, 3.63) is 52.9 Å². The second-order valence-corrected chi connectivity index (χ2v) is 5.87. The lowest BCUT2D eigenvalue weighted by Crippen LogP contribution is -2.33. The molecule has 0 saturated heterocycles. The molecule has 0 radical (unpaired) electrons. The van der Waals surface area contributed by atoms with Gasteiger partial charge in [0, 0.05) is 25.1 Å². The minimum Gasteiger partial charge on any atom is -0.395 e. The number of aliphatic hydroxyl groups is 1. The van der Waals surface area contributed by atoms with Crippen LogP contribution in [0.3, 0.4) is 0 Å². The van der Waals surface area contributed by atoms with Gasteiger partial charge in [-0.1, -0.05) is 42.4 Å². The lowest BCUT2D eigenvalue weighted by atomic mass is 9.95. The Bertz CT molecular complexity index is 617. The van der Waals surface area contributed by atoms with Crippen LogP contribution in [-0.4, -0.2) is 34.2 Å². The molecule has 2 aromatic rings. The molecule has 5 nitrogen and oxygen atoms in total. The van der Waals surface area contributed by atoms with Crippen LogP contribution in [0.4, 0.5) is 0 Å². The van der Waals surface area contributed by atoms with Gasteiger partial charge in [0.2, 0.25) is 5.91 Å². The van der Waals surface area contributed by atoms with Crippen LogP contribution in [0.25, 0.3) is 0 Å². The van der Waals surface area contributed by atoms with E-state index in [-0.39, 0.29) is 18.4 Å². The molecule has 0 aliphatic heterocycles. The molecule has 1 atom stereocenters. The fraction of sp³-hybridized carbons (Fsp3) is 0.444. The van der Waals surface area contributed by atoms with Gasteiger partial charge in [-0.2, -0.15) is 0 Å². The molecule has 5 heteroatoms. The molecule has 2 rings (SSSR count). The fourth-order valence-electron chi connectivity index (χ4n) is 2.90. The summed E-state index contributed by atoms with van der Waals surface area (Å²) in [5.74, 6) is 0.820. The third kappa shape index (κ3) is 4.42. The highest BCUT2D eigenvalue weighted by atomic mass is 16.5. The number of hydrogen-bond donors (Lipinski definition) is 1. The summed E-state index contributed by atoms with van der Waals surface area (Å²) in [7, 11) is 0. The van der Waals surface area contributed by atoms with Gasteiger partial charge >= 0.3 is 0 Å². The summed E-state index contributed by atoms with van der Waals surface area (Å²) in [6.07, 6.45) is 0.371. The molecule has 1 aromatic heterocycles. The second-order valence-electron chi connectivity index (χ2n) is 5.87. The van der Waals surface area contributed by atoms with Crippen molar-refractivity contribution in [1.29, 1.82) is 0 Å². The number of hydrogen-bond acceptors (Lipinski definition) is 4. The Morgan fingerprint density at radius 2 is 2.00 bits per heavy atom. The highest BCUT2D eigenvalue weighted by molar-refractivity contribution is 5.77. The SMILES string of the molecule is Cc1noc(C)c1C(C)CC(=O)N(CCO)Cc1ccccc1. The van der Waals surface area contributed by atoms with Crippen LogP contribution in [0, 0.1) is 13.8 Å². The van der Waals surface area contributed by atoms with Gasteiger partial charge in [0.25, 0.3) is 0 Å². The number of aryl methyl sites for hydroxylation is 2. The van der Waals surface area contributed by atoms with Crippen molar-refractivity contribution in [2.24, 2.45) is 0 Å². The van der Waals surface area contributed by atoms with E-state index >= 15 is 0 Å². The zero-order valence-corrected chi connectivity index (χ0v) is 14.0. The van der Waals surface area contributed by atoms with Gasteiger partial charge in [0.1, 0.15) is 5.76 Å². The molecule has 0 bridgehead atoms. The van der Waals surface area contributed by atoms with E-state index in [0.717, 1.165) is 22.6 Å². The molecule has 0 spiro atoms. The number of carbonyl (C=O) groups is 1. The maximum absolute atomic E-state index is 12.6. The van der Waals surface area contributed by atoms with Crippen molar-refractivity contribution >= 4 is 5.91 Å². The summed E-state index contributed by atoms with van der Waals surface area (Å²) in [4.78, 5) is 14.3. The highest BCUT2D eigenvalue weighted by Gasteiger charge is 2.22. The first kappa shape index (κ1) is 17.2. The Labute approximate surface area is 136 Å². The van der Waals surface area contributed by atoms with Crippen molar-refractivity contribution in [3.63, 3.8) is 0 Å². The standard InChI is InChI=1S/C18H24N2O3/c1-13(18-14(2)19-23-15(18)3)11-17(22)20(9-10-21)12-16-7-5-4-6-8-16/h4-8,13,21H,9-12H2,1-3H3. The van der Waals surface area contributed by atoms with Crippen LogP contribution in [0.15, 0.2) is 34.9 Å². The van der Waals surface area contributed by atoms with Crippen LogP contribution in [0.2, 0.25) is 0 Å². The van der Waals surface area contributed by atoms with Crippen molar-refractivity contribution in [3.8, 4) is 0 Å². The highest BCUT2D eigenvalue weighted by Crippen LogP contribution is 2.26. The number of nitrogens with zero attached hydrogens (tertiary/aromatic N) is 2. The molecule has 1 N–H and O–H groups in total. The minimum absolute atomic E-state index is 0.0235. The van der Waals surface area contributed by atoms with E-state index in [9.17, 15) is 9.90 Å². The average molecular weight is 316 g/mol. The Hall–Kier alpha value is -2.14. The third-order valence-corrected chi connectivity index (χ3v) is 4.00. The Balaban J connectivity index is 2.06. The maximum Gasteiger partial charge on any atom is 0.223 e. The first-order chi connectivity index (χ1) is 11.0. The summed E-state index contributed by atoms with van der Waals surface area (Å²) in [5, 5.41) is 13.2. The number of rotatable bonds is 7. The molecule has 0 fully saturated rings. The van der Waals surface area contributed by atoms with E-state index in [1.165, 1.54) is 0 Å². The zero-order chi connectivity index (χ0) is 16.8. The molecular formula is C18H24N2O3. The second kappa shape index (κ2) is 7.92. The van der Waals surface area contributed by atoms with Crippen LogP contribution in [0.5, 0.6) is 0 Å². The van der Waals surface area contributed by atoms with E-state index < -0.39 is 0 Å². The number of benzene rings is 1. The van der Waals surface area contributed by atoms with Crippen LogP contribution in [0.1, 0.15) is 41.8 Å². The summed E-state index contributed by atoms with van der Waals surface area (Å²) in [5.41, 5.74) is 2.89. The Morgan fingerprint density at radius 1 is 1.30 bits per heavy atom. The molecule has 124 valence electrons. The zero-order valence-electron chi connectivity index (χ0n) is 14.0. The number of aromatic nitrogens is 1. The van der Waals surface area contributed by atoms with Gasteiger partial charge < -0.3 is 14.5 Å². The quantitative estimate of drug-likeness (QED) is 0.853. The summed E-state index contributed by atoms with van der Waals surface area (Å²) < 4.78 is 5.19. The van der Waals surface area contributed by atoms with Gasteiger partial charge in [0.05, 0.1) is 12.3 Å². The molecule has 0 aliphatic rings. The molecule has 23 heavy (non-hydrogen) atoms. The van der Waals surface area contributed by atoms with Crippen molar-refractivity contribution in [1.82, 2.24) is 10.1 Å². The van der Waals surface area contributed by atoms with Gasteiger partial charge in [-0.25, -0.2) is 0 Å². The van der Waals surface area contributed by atoms with Gasteiger partial charge in [-0.3, -0.25) is 4.79 Å². The fourth-order valence-corrected chi connectivity index (χ4v) is 2.90. The molecule has 1 aromatic carbocycles. The molecule has 1 heterocycles. The van der Waals surface area contributed by atoms with E-state index in [1.807, 2.05) is 51.1 Å². The first-order valence-corrected chi connectivity index (χ1v) is 7.88. The van der Waals surface area contributed by atoms with Crippen LogP contribution in [-0.2, 0) is 11.3 Å². The lowest BCUT2D eigenvalue weighted by Gasteiger charge is -2.23. The van der Waals surface area contributed by atoms with Gasteiger partial charge in [-0.15, -0.1) is 0 Å². The predicted octanol–water partition coefficient (Wildman–Crippen LogP) is 2.81. The smallest absolute Gasteiger partial charge is 0.223 e. The third-order valence-electron chi connectivity index (χ3n) is 4.00. The molecule has 0 saturated carbocycles. The number of carbonyl (C=O) groups excluding carboxylic acids is 1. The Morgan fingerprint density at radius 3 is 2.57 bits per heavy atom. The van der Waals surface area contributed by atoms with Gasteiger partial charge in [0.15, 0.2) is 0 Å². The number of amides is 1. The maximum atomic E-state index is 12.6. The van der Waals surface area contributed by atoms with E-state index in [2.05, 4.69) is 5.16 Å². The van der Waals surface area contributed by atoms with E-state index in [1.54, 1.807) is 4.90 Å².